The number of nitrogens with one attached hydrogen (secondary N) is 1. The molecule has 0 radical (unpaired) electrons. The third kappa shape index (κ3) is 2.74. The predicted molar refractivity (Wildman–Crippen MR) is 94.5 cm³/mol. The van der Waals surface area contributed by atoms with E-state index in [1.807, 2.05) is 0 Å². The largest absolute Gasteiger partial charge is 0.481 e. The Labute approximate surface area is 141 Å². The number of carboxylic acids is 1. The van der Waals surface area contributed by atoms with Crippen LogP contribution in [0.25, 0.3) is 0 Å². The van der Waals surface area contributed by atoms with Crippen LogP contribution in [0.5, 0.6) is 0 Å². The molecule has 4 rings (SSSR count). The van der Waals surface area contributed by atoms with E-state index in [2.05, 4.69) is 35.5 Å². The number of rotatable bonds is 4. The van der Waals surface area contributed by atoms with E-state index >= 15 is 0 Å². The summed E-state index contributed by atoms with van der Waals surface area (Å²) in [4.78, 5) is 13.3. The van der Waals surface area contributed by atoms with E-state index in [9.17, 15) is 4.79 Å². The minimum atomic E-state index is -0.704. The highest BCUT2D eigenvalue weighted by Crippen LogP contribution is 2.50. The van der Waals surface area contributed by atoms with Crippen LogP contribution >= 0.6 is 11.8 Å². The molecule has 0 spiro atoms. The second-order valence-corrected chi connectivity index (χ2v) is 8.28. The molecule has 5 heteroatoms. The standard InChI is InChI=1S/C18H24N2O2S/c1-20-8-11(9-23-10-17(21)22)5-14-13-3-2-4-15-18(13)12(7-19-15)6-16(14)20/h2-4,11-12,14,16,19H,5-10H2,1H3,(H,21,22)/t11-,12?,14-,16-/m1/s1. The minimum absolute atomic E-state index is 0.223. The molecule has 2 N–H and O–H groups in total. The Balaban J connectivity index is 1.55. The van der Waals surface area contributed by atoms with Gasteiger partial charge in [-0.05, 0) is 48.8 Å². The van der Waals surface area contributed by atoms with E-state index in [0.29, 0.717) is 23.8 Å². The van der Waals surface area contributed by atoms with Crippen molar-refractivity contribution in [2.24, 2.45) is 5.92 Å². The van der Waals surface area contributed by atoms with Crippen LogP contribution in [0.2, 0.25) is 0 Å². The summed E-state index contributed by atoms with van der Waals surface area (Å²) < 4.78 is 0. The van der Waals surface area contributed by atoms with Crippen molar-refractivity contribution >= 4 is 23.4 Å². The number of aliphatic carboxylic acids is 1. The Morgan fingerprint density at radius 1 is 1.43 bits per heavy atom. The lowest BCUT2D eigenvalue weighted by molar-refractivity contribution is -0.133. The van der Waals surface area contributed by atoms with E-state index in [4.69, 9.17) is 5.11 Å². The average Bonchev–Trinajstić information content (AvgIpc) is 2.93. The maximum atomic E-state index is 10.7. The number of carbonyl (C=O) groups is 1. The zero-order chi connectivity index (χ0) is 16.0. The van der Waals surface area contributed by atoms with Crippen molar-refractivity contribution in [3.05, 3.63) is 29.3 Å². The molecule has 1 aliphatic carbocycles. The van der Waals surface area contributed by atoms with Gasteiger partial charge in [-0.3, -0.25) is 4.79 Å². The molecule has 4 nitrogen and oxygen atoms in total. The highest BCUT2D eigenvalue weighted by Gasteiger charge is 2.43. The first-order valence-corrected chi connectivity index (χ1v) is 9.65. The van der Waals surface area contributed by atoms with Crippen LogP contribution in [0.4, 0.5) is 5.69 Å². The van der Waals surface area contributed by atoms with Crippen LogP contribution < -0.4 is 5.32 Å². The highest BCUT2D eigenvalue weighted by molar-refractivity contribution is 7.99. The van der Waals surface area contributed by atoms with Gasteiger partial charge < -0.3 is 15.3 Å². The molecule has 2 aliphatic heterocycles. The molecule has 1 fully saturated rings. The molecule has 0 bridgehead atoms. The molecule has 3 aliphatic rings. The van der Waals surface area contributed by atoms with Gasteiger partial charge in [0.25, 0.3) is 0 Å². The summed E-state index contributed by atoms with van der Waals surface area (Å²) in [5.41, 5.74) is 4.46. The van der Waals surface area contributed by atoms with Crippen LogP contribution in [0.3, 0.4) is 0 Å². The quantitative estimate of drug-likeness (QED) is 0.888. The minimum Gasteiger partial charge on any atom is -0.481 e. The van der Waals surface area contributed by atoms with Gasteiger partial charge in [-0.25, -0.2) is 0 Å². The maximum Gasteiger partial charge on any atom is 0.313 e. The van der Waals surface area contributed by atoms with Crippen LogP contribution in [0.1, 0.15) is 35.8 Å². The van der Waals surface area contributed by atoms with Gasteiger partial charge in [0.2, 0.25) is 0 Å². The van der Waals surface area contributed by atoms with Gasteiger partial charge >= 0.3 is 5.97 Å². The summed E-state index contributed by atoms with van der Waals surface area (Å²) in [6.45, 7) is 2.18. The summed E-state index contributed by atoms with van der Waals surface area (Å²) in [7, 11) is 2.25. The smallest absolute Gasteiger partial charge is 0.313 e. The molecule has 1 aromatic rings. The fourth-order valence-corrected chi connectivity index (χ4v) is 5.76. The number of nitrogens with zero attached hydrogens (tertiary/aromatic N) is 1. The van der Waals surface area contributed by atoms with Crippen molar-refractivity contribution in [3.8, 4) is 0 Å². The van der Waals surface area contributed by atoms with Crippen LogP contribution in [-0.4, -0.2) is 53.7 Å². The number of likely N-dealkylation sites (N-methyl/N-ethyl adjacent to an activating group) is 1. The Hall–Kier alpha value is -1.20. The van der Waals surface area contributed by atoms with Gasteiger partial charge in [-0.2, -0.15) is 0 Å². The Morgan fingerprint density at radius 2 is 2.30 bits per heavy atom. The summed E-state index contributed by atoms with van der Waals surface area (Å²) in [6, 6.07) is 7.38. The number of thioether (sulfide) groups is 1. The number of hydrogen-bond donors (Lipinski definition) is 2. The second kappa shape index (κ2) is 6.02. The number of fused-ring (bicyclic) bond motifs is 2. The fraction of sp³-hybridized carbons (Fsp3) is 0.611. The normalized spacial score (nSPS) is 32.0. The molecule has 2 heterocycles. The predicted octanol–water partition coefficient (Wildman–Crippen LogP) is 2.82. The van der Waals surface area contributed by atoms with Crippen molar-refractivity contribution in [1.82, 2.24) is 4.90 Å². The van der Waals surface area contributed by atoms with Crippen molar-refractivity contribution in [3.63, 3.8) is 0 Å². The number of anilines is 1. The maximum absolute atomic E-state index is 10.7. The van der Waals surface area contributed by atoms with E-state index in [-0.39, 0.29) is 5.75 Å². The van der Waals surface area contributed by atoms with Gasteiger partial charge in [0.1, 0.15) is 0 Å². The molecule has 4 atom stereocenters. The number of benzene rings is 1. The molecule has 1 aromatic carbocycles. The lowest BCUT2D eigenvalue weighted by Gasteiger charge is -2.47. The zero-order valence-electron chi connectivity index (χ0n) is 13.5. The monoisotopic (exact) mass is 332 g/mol. The van der Waals surface area contributed by atoms with Crippen molar-refractivity contribution in [2.75, 3.05) is 37.0 Å². The highest BCUT2D eigenvalue weighted by atomic mass is 32.2. The third-order valence-electron chi connectivity index (χ3n) is 5.76. The molecule has 23 heavy (non-hydrogen) atoms. The Kier molecular flexibility index (Phi) is 4.01. The lowest BCUT2D eigenvalue weighted by Crippen LogP contribution is -2.48. The fourth-order valence-electron chi connectivity index (χ4n) is 4.90. The summed E-state index contributed by atoms with van der Waals surface area (Å²) in [5.74, 6) is 2.34. The lowest BCUT2D eigenvalue weighted by atomic mass is 9.69. The summed E-state index contributed by atoms with van der Waals surface area (Å²) >= 11 is 1.57. The Bertz CT molecular complexity index is 621. The third-order valence-corrected chi connectivity index (χ3v) is 6.91. The first-order chi connectivity index (χ1) is 11.1. The van der Waals surface area contributed by atoms with Gasteiger partial charge in [0, 0.05) is 36.7 Å². The van der Waals surface area contributed by atoms with Crippen molar-refractivity contribution in [2.45, 2.75) is 30.7 Å². The van der Waals surface area contributed by atoms with Crippen molar-refractivity contribution in [1.29, 1.82) is 0 Å². The molecular formula is C18H24N2O2S. The van der Waals surface area contributed by atoms with Crippen molar-refractivity contribution < 1.29 is 9.90 Å². The van der Waals surface area contributed by atoms with E-state index < -0.39 is 5.97 Å². The topological polar surface area (TPSA) is 52.6 Å². The Morgan fingerprint density at radius 3 is 3.13 bits per heavy atom. The van der Waals surface area contributed by atoms with E-state index in [0.717, 1.165) is 18.8 Å². The molecule has 0 amide bonds. The van der Waals surface area contributed by atoms with Gasteiger partial charge in [0.05, 0.1) is 5.75 Å². The molecule has 1 unspecified atom stereocenters. The summed E-state index contributed by atoms with van der Waals surface area (Å²) in [6.07, 6.45) is 2.46. The molecule has 124 valence electrons. The number of piperidine rings is 1. The first-order valence-electron chi connectivity index (χ1n) is 8.50. The SMILES string of the molecule is CN1C[C@H](CSCC(=O)O)C[C@@H]2c3cccc4c3C(CN4)C[C@H]21. The number of likely N-dealkylation sites (tertiary alicyclic amines) is 1. The average molecular weight is 332 g/mol. The van der Waals surface area contributed by atoms with E-state index in [1.165, 1.54) is 18.5 Å². The summed E-state index contributed by atoms with van der Waals surface area (Å²) in [5, 5.41) is 12.4. The van der Waals surface area contributed by atoms with Gasteiger partial charge in [-0.15, -0.1) is 11.8 Å². The molecule has 0 aromatic heterocycles. The van der Waals surface area contributed by atoms with Gasteiger partial charge in [0.15, 0.2) is 0 Å². The van der Waals surface area contributed by atoms with Crippen LogP contribution in [0.15, 0.2) is 18.2 Å². The van der Waals surface area contributed by atoms with E-state index in [1.54, 1.807) is 22.9 Å². The second-order valence-electron chi connectivity index (χ2n) is 7.25. The molecular weight excluding hydrogens is 308 g/mol. The van der Waals surface area contributed by atoms with Gasteiger partial charge in [-0.1, -0.05) is 12.1 Å². The number of carboxylic acid groups (broad SMARTS) is 1. The molecule has 1 saturated heterocycles. The number of hydrogen-bond acceptors (Lipinski definition) is 4. The van der Waals surface area contributed by atoms with Crippen LogP contribution in [-0.2, 0) is 4.79 Å². The molecule has 0 saturated carbocycles. The van der Waals surface area contributed by atoms with Crippen LogP contribution in [0, 0.1) is 5.92 Å². The first kappa shape index (κ1) is 15.3. The zero-order valence-corrected chi connectivity index (χ0v) is 14.3.